The van der Waals surface area contributed by atoms with Crippen LogP contribution in [0.15, 0.2) is 30.3 Å². The van der Waals surface area contributed by atoms with E-state index in [1.165, 1.54) is 5.56 Å². The van der Waals surface area contributed by atoms with Gasteiger partial charge >= 0.3 is 0 Å². The first-order valence-electron chi connectivity index (χ1n) is 4.57. The Bertz CT molecular complexity index is 195. The van der Waals surface area contributed by atoms with Crippen LogP contribution in [-0.2, 0) is 0 Å². The van der Waals surface area contributed by atoms with Crippen LogP contribution in [0.1, 0.15) is 18.9 Å². The van der Waals surface area contributed by atoms with Gasteiger partial charge in [0.2, 0.25) is 0 Å². The van der Waals surface area contributed by atoms with E-state index >= 15 is 0 Å². The van der Waals surface area contributed by atoms with Crippen LogP contribution in [-0.4, -0.2) is 18.4 Å². The van der Waals surface area contributed by atoms with Crippen LogP contribution in [0.25, 0.3) is 0 Å². The highest BCUT2D eigenvalue weighted by molar-refractivity contribution is 5.11. The highest BCUT2D eigenvalue weighted by Crippen LogP contribution is 1.92. The van der Waals surface area contributed by atoms with Crippen molar-refractivity contribution in [3.63, 3.8) is 0 Å². The minimum atomic E-state index is -0.315. The molecule has 0 saturated heterocycles. The van der Waals surface area contributed by atoms with Crippen molar-refractivity contribution in [2.75, 3.05) is 7.05 Å². The summed E-state index contributed by atoms with van der Waals surface area (Å²) in [6.45, 7) is 4.00. The molecule has 1 atom stereocenters. The van der Waals surface area contributed by atoms with Gasteiger partial charge in [0.15, 0.2) is 0 Å². The topological polar surface area (TPSA) is 32.3 Å². The quantitative estimate of drug-likeness (QED) is 0.683. The zero-order chi connectivity index (χ0) is 10.1. The highest BCUT2D eigenvalue weighted by atomic mass is 16.3. The smallest absolute Gasteiger partial charge is 0.104 e. The lowest BCUT2D eigenvalue weighted by molar-refractivity contribution is 0.143. The Morgan fingerprint density at radius 1 is 1.31 bits per heavy atom. The van der Waals surface area contributed by atoms with E-state index in [4.69, 9.17) is 5.11 Å². The Labute approximate surface area is 80.6 Å². The first kappa shape index (κ1) is 12.1. The molecule has 0 aliphatic carbocycles. The number of benzene rings is 1. The largest absolute Gasteiger partial charge is 0.379 e. The van der Waals surface area contributed by atoms with Crippen LogP contribution in [0.5, 0.6) is 0 Å². The maximum atomic E-state index is 8.56. The SMILES string of the molecule is CCC(O)NC.Cc1ccccc1. The molecule has 0 fully saturated rings. The number of rotatable bonds is 2. The number of hydrogen-bond acceptors (Lipinski definition) is 2. The van der Waals surface area contributed by atoms with Crippen LogP contribution in [0.2, 0.25) is 0 Å². The second kappa shape index (κ2) is 7.77. The van der Waals surface area contributed by atoms with Gasteiger partial charge in [0.05, 0.1) is 0 Å². The standard InChI is InChI=1S/C7H8.C4H11NO/c1-7-5-3-2-4-6-7;1-3-4(6)5-2/h2-6H,1H3;4-6H,3H2,1-2H3. The summed E-state index contributed by atoms with van der Waals surface area (Å²) in [7, 11) is 1.73. The minimum absolute atomic E-state index is 0.315. The summed E-state index contributed by atoms with van der Waals surface area (Å²) in [5.41, 5.74) is 1.32. The minimum Gasteiger partial charge on any atom is -0.379 e. The Hall–Kier alpha value is -0.860. The zero-order valence-corrected chi connectivity index (χ0v) is 8.62. The van der Waals surface area contributed by atoms with E-state index in [9.17, 15) is 0 Å². The van der Waals surface area contributed by atoms with Gasteiger partial charge in [-0.05, 0) is 20.4 Å². The molecule has 0 spiro atoms. The predicted octanol–water partition coefficient (Wildman–Crippen LogP) is 1.93. The number of aliphatic hydroxyl groups excluding tert-OH is 1. The molecule has 0 aromatic heterocycles. The zero-order valence-electron chi connectivity index (χ0n) is 8.62. The molecule has 74 valence electrons. The van der Waals surface area contributed by atoms with Crippen LogP contribution in [0.3, 0.4) is 0 Å². The summed E-state index contributed by atoms with van der Waals surface area (Å²) in [4.78, 5) is 0. The van der Waals surface area contributed by atoms with Crippen LogP contribution in [0.4, 0.5) is 0 Å². The molecule has 0 aliphatic rings. The third-order valence-corrected chi connectivity index (χ3v) is 1.66. The molecule has 1 aromatic rings. The van der Waals surface area contributed by atoms with E-state index < -0.39 is 0 Å². The summed E-state index contributed by atoms with van der Waals surface area (Å²) in [6.07, 6.45) is 0.459. The molecule has 2 N–H and O–H groups in total. The van der Waals surface area contributed by atoms with Gasteiger partial charge in [0.1, 0.15) is 6.23 Å². The van der Waals surface area contributed by atoms with E-state index in [0.29, 0.717) is 0 Å². The fourth-order valence-corrected chi connectivity index (χ4v) is 0.739. The van der Waals surface area contributed by atoms with E-state index in [1.54, 1.807) is 7.05 Å². The second-order valence-electron chi connectivity index (χ2n) is 2.87. The van der Waals surface area contributed by atoms with Crippen molar-refractivity contribution >= 4 is 0 Å². The van der Waals surface area contributed by atoms with E-state index in [2.05, 4.69) is 24.4 Å². The third-order valence-electron chi connectivity index (χ3n) is 1.66. The Balaban J connectivity index is 0.000000226. The Kier molecular flexibility index (Phi) is 7.26. The van der Waals surface area contributed by atoms with Gasteiger partial charge < -0.3 is 5.11 Å². The number of aryl methyl sites for hydroxylation is 1. The summed E-state index contributed by atoms with van der Waals surface area (Å²) in [5, 5.41) is 11.2. The van der Waals surface area contributed by atoms with Crippen LogP contribution < -0.4 is 5.32 Å². The number of aliphatic hydroxyl groups is 1. The van der Waals surface area contributed by atoms with Gasteiger partial charge in [-0.15, -0.1) is 0 Å². The van der Waals surface area contributed by atoms with Crippen molar-refractivity contribution in [3.05, 3.63) is 35.9 Å². The molecule has 1 aromatic carbocycles. The molecule has 0 aliphatic heterocycles. The Morgan fingerprint density at radius 2 is 1.85 bits per heavy atom. The molecule has 1 rings (SSSR count). The summed E-state index contributed by atoms with van der Waals surface area (Å²) in [6, 6.07) is 10.3. The molecular weight excluding hydrogens is 162 g/mol. The van der Waals surface area contributed by atoms with Gasteiger partial charge in [0.25, 0.3) is 0 Å². The average Bonchev–Trinajstić information content (AvgIpc) is 2.19. The molecule has 13 heavy (non-hydrogen) atoms. The third kappa shape index (κ3) is 7.50. The van der Waals surface area contributed by atoms with Crippen molar-refractivity contribution in [2.45, 2.75) is 26.5 Å². The molecule has 0 radical (unpaired) electrons. The molecule has 2 heteroatoms. The molecule has 0 saturated carbocycles. The summed E-state index contributed by atoms with van der Waals surface area (Å²) >= 11 is 0. The number of nitrogens with one attached hydrogen (secondary N) is 1. The van der Waals surface area contributed by atoms with Gasteiger partial charge in [-0.3, -0.25) is 5.32 Å². The first-order chi connectivity index (χ1) is 6.20. The lowest BCUT2D eigenvalue weighted by Crippen LogP contribution is -2.22. The van der Waals surface area contributed by atoms with Gasteiger partial charge in [-0.2, -0.15) is 0 Å². The fourth-order valence-electron chi connectivity index (χ4n) is 0.739. The Morgan fingerprint density at radius 3 is 2.00 bits per heavy atom. The van der Waals surface area contributed by atoms with Gasteiger partial charge in [-0.25, -0.2) is 0 Å². The summed E-state index contributed by atoms with van der Waals surface area (Å²) < 4.78 is 0. The van der Waals surface area contributed by atoms with E-state index in [0.717, 1.165) is 6.42 Å². The molecule has 0 amide bonds. The van der Waals surface area contributed by atoms with Crippen LogP contribution >= 0.6 is 0 Å². The molecule has 0 bridgehead atoms. The van der Waals surface area contributed by atoms with Crippen molar-refractivity contribution in [2.24, 2.45) is 0 Å². The molecule has 2 nitrogen and oxygen atoms in total. The first-order valence-corrected chi connectivity index (χ1v) is 4.57. The van der Waals surface area contributed by atoms with Crippen molar-refractivity contribution in [1.82, 2.24) is 5.32 Å². The maximum Gasteiger partial charge on any atom is 0.104 e. The number of hydrogen-bond donors (Lipinski definition) is 2. The summed E-state index contributed by atoms with van der Waals surface area (Å²) in [5.74, 6) is 0. The second-order valence-corrected chi connectivity index (χ2v) is 2.87. The maximum absolute atomic E-state index is 8.56. The van der Waals surface area contributed by atoms with Crippen molar-refractivity contribution in [3.8, 4) is 0 Å². The van der Waals surface area contributed by atoms with Gasteiger partial charge in [-0.1, -0.05) is 42.8 Å². The normalized spacial score (nSPS) is 11.4. The van der Waals surface area contributed by atoms with Crippen LogP contribution in [0, 0.1) is 6.92 Å². The lowest BCUT2D eigenvalue weighted by Gasteiger charge is -2.01. The predicted molar refractivity (Wildman–Crippen MR) is 56.5 cm³/mol. The van der Waals surface area contributed by atoms with E-state index in [-0.39, 0.29) is 6.23 Å². The average molecular weight is 181 g/mol. The highest BCUT2D eigenvalue weighted by Gasteiger charge is 1.88. The lowest BCUT2D eigenvalue weighted by atomic mass is 10.2. The van der Waals surface area contributed by atoms with Crippen molar-refractivity contribution < 1.29 is 5.11 Å². The van der Waals surface area contributed by atoms with Gasteiger partial charge in [0, 0.05) is 0 Å². The molecule has 0 heterocycles. The molecular formula is C11H19NO. The molecule has 1 unspecified atom stereocenters. The monoisotopic (exact) mass is 181 g/mol. The van der Waals surface area contributed by atoms with E-state index in [1.807, 2.05) is 25.1 Å². The fraction of sp³-hybridized carbons (Fsp3) is 0.455. The van der Waals surface area contributed by atoms with Crippen molar-refractivity contribution in [1.29, 1.82) is 0 Å².